The Hall–Kier alpha value is -0.860. The minimum absolute atomic E-state index is 0.533. The summed E-state index contributed by atoms with van der Waals surface area (Å²) in [6.45, 7) is 9.18. The van der Waals surface area contributed by atoms with Gasteiger partial charge in [0, 0.05) is 19.2 Å². The Kier molecular flexibility index (Phi) is 10.2. The van der Waals surface area contributed by atoms with E-state index in [4.69, 9.17) is 4.74 Å². The highest BCUT2D eigenvalue weighted by Gasteiger charge is 1.97. The topological polar surface area (TPSA) is 21.3 Å². The number of hydrogen-bond acceptors (Lipinski definition) is 2. The molecule has 0 aliphatic carbocycles. The molecule has 0 saturated carbocycles. The van der Waals surface area contributed by atoms with E-state index in [1.165, 1.54) is 49.7 Å². The van der Waals surface area contributed by atoms with Crippen LogP contribution in [-0.4, -0.2) is 12.6 Å². The number of unbranched alkanes of at least 4 members (excludes halogenated alkanes) is 5. The maximum atomic E-state index is 5.75. The molecule has 0 radical (unpaired) electrons. The molecule has 0 heterocycles. The van der Waals surface area contributed by atoms with Crippen molar-refractivity contribution in [3.05, 3.63) is 35.4 Å². The van der Waals surface area contributed by atoms with E-state index >= 15 is 0 Å². The Morgan fingerprint density at radius 3 is 2.19 bits per heavy atom. The van der Waals surface area contributed by atoms with Crippen molar-refractivity contribution < 1.29 is 4.74 Å². The number of nitrogens with one attached hydrogen (secondary N) is 1. The van der Waals surface area contributed by atoms with Crippen molar-refractivity contribution in [2.45, 2.75) is 78.5 Å². The second-order valence-electron chi connectivity index (χ2n) is 6.17. The largest absolute Gasteiger partial charge is 0.377 e. The summed E-state index contributed by atoms with van der Waals surface area (Å²) < 4.78 is 5.75. The first-order chi connectivity index (χ1) is 10.2. The fourth-order valence-corrected chi connectivity index (χ4v) is 2.25. The van der Waals surface area contributed by atoms with Crippen LogP contribution in [0.15, 0.2) is 24.3 Å². The van der Waals surface area contributed by atoms with Crippen LogP contribution in [0.1, 0.15) is 70.4 Å². The molecule has 21 heavy (non-hydrogen) atoms. The van der Waals surface area contributed by atoms with Crippen LogP contribution in [0.3, 0.4) is 0 Å². The van der Waals surface area contributed by atoms with E-state index in [9.17, 15) is 0 Å². The summed E-state index contributed by atoms with van der Waals surface area (Å²) in [6, 6.07) is 9.28. The number of rotatable bonds is 12. The Morgan fingerprint density at radius 2 is 1.52 bits per heavy atom. The van der Waals surface area contributed by atoms with E-state index in [0.29, 0.717) is 6.04 Å². The van der Waals surface area contributed by atoms with Crippen LogP contribution >= 0.6 is 0 Å². The van der Waals surface area contributed by atoms with Crippen molar-refractivity contribution in [1.82, 2.24) is 5.32 Å². The Morgan fingerprint density at radius 1 is 0.905 bits per heavy atom. The van der Waals surface area contributed by atoms with Gasteiger partial charge in [-0.1, -0.05) is 77.1 Å². The van der Waals surface area contributed by atoms with E-state index in [0.717, 1.165) is 19.8 Å². The molecule has 120 valence electrons. The molecular formula is C19H33NO. The van der Waals surface area contributed by atoms with Gasteiger partial charge in [0.1, 0.15) is 0 Å². The zero-order chi connectivity index (χ0) is 15.3. The maximum Gasteiger partial charge on any atom is 0.0716 e. The highest BCUT2D eigenvalue weighted by molar-refractivity contribution is 5.21. The lowest BCUT2D eigenvalue weighted by molar-refractivity contribution is 0.116. The smallest absolute Gasteiger partial charge is 0.0716 e. The van der Waals surface area contributed by atoms with E-state index < -0.39 is 0 Å². The van der Waals surface area contributed by atoms with Gasteiger partial charge < -0.3 is 10.1 Å². The molecule has 0 saturated heterocycles. The molecule has 2 nitrogen and oxygen atoms in total. The lowest BCUT2D eigenvalue weighted by atomic mass is 10.1. The zero-order valence-corrected chi connectivity index (χ0v) is 14.2. The summed E-state index contributed by atoms with van der Waals surface area (Å²) in [5, 5.41) is 3.43. The molecule has 1 aromatic carbocycles. The van der Waals surface area contributed by atoms with Gasteiger partial charge in [0.25, 0.3) is 0 Å². The normalized spacial score (nSPS) is 11.2. The van der Waals surface area contributed by atoms with Gasteiger partial charge in [0.2, 0.25) is 0 Å². The summed E-state index contributed by atoms with van der Waals surface area (Å²) in [6.07, 6.45) is 7.93. The molecule has 1 N–H and O–H groups in total. The molecule has 0 atom stereocenters. The first kappa shape index (κ1) is 18.2. The molecule has 2 heteroatoms. The van der Waals surface area contributed by atoms with Gasteiger partial charge in [-0.2, -0.15) is 0 Å². The summed E-state index contributed by atoms with van der Waals surface area (Å²) in [5.41, 5.74) is 2.61. The summed E-state index contributed by atoms with van der Waals surface area (Å²) in [7, 11) is 0. The summed E-state index contributed by atoms with van der Waals surface area (Å²) in [4.78, 5) is 0. The van der Waals surface area contributed by atoms with Gasteiger partial charge in [-0.05, 0) is 17.5 Å². The maximum absolute atomic E-state index is 5.75. The van der Waals surface area contributed by atoms with Gasteiger partial charge in [0.15, 0.2) is 0 Å². The minimum Gasteiger partial charge on any atom is -0.377 e. The molecular weight excluding hydrogens is 258 g/mol. The summed E-state index contributed by atoms with van der Waals surface area (Å²) >= 11 is 0. The predicted octanol–water partition coefficient (Wildman–Crippen LogP) is 5.06. The van der Waals surface area contributed by atoms with Crippen LogP contribution < -0.4 is 5.32 Å². The van der Waals surface area contributed by atoms with Gasteiger partial charge in [-0.15, -0.1) is 0 Å². The first-order valence-corrected chi connectivity index (χ1v) is 8.61. The molecule has 0 fully saturated rings. The third-order valence-electron chi connectivity index (χ3n) is 3.65. The van der Waals surface area contributed by atoms with E-state index in [2.05, 4.69) is 50.4 Å². The number of ether oxygens (including phenoxy) is 1. The second kappa shape index (κ2) is 11.8. The molecule has 1 rings (SSSR count). The van der Waals surface area contributed by atoms with Crippen molar-refractivity contribution in [2.75, 3.05) is 6.61 Å². The SMILES string of the molecule is CCCCCCCCOCc1ccc(CNC(C)C)cc1. The number of benzene rings is 1. The first-order valence-electron chi connectivity index (χ1n) is 8.61. The van der Waals surface area contributed by atoms with Crippen molar-refractivity contribution in [2.24, 2.45) is 0 Å². The van der Waals surface area contributed by atoms with Crippen molar-refractivity contribution >= 4 is 0 Å². The lowest BCUT2D eigenvalue weighted by Crippen LogP contribution is -2.21. The summed E-state index contributed by atoms with van der Waals surface area (Å²) in [5.74, 6) is 0. The Labute approximate surface area is 131 Å². The second-order valence-corrected chi connectivity index (χ2v) is 6.17. The van der Waals surface area contributed by atoms with Crippen molar-refractivity contribution in [3.63, 3.8) is 0 Å². The quantitative estimate of drug-likeness (QED) is 0.543. The molecule has 1 aromatic rings. The van der Waals surface area contributed by atoms with Crippen LogP contribution in [0.4, 0.5) is 0 Å². The molecule has 0 unspecified atom stereocenters. The minimum atomic E-state index is 0.533. The van der Waals surface area contributed by atoms with Gasteiger partial charge in [-0.3, -0.25) is 0 Å². The molecule has 0 amide bonds. The molecule has 0 bridgehead atoms. The average Bonchev–Trinajstić information content (AvgIpc) is 2.49. The third-order valence-corrected chi connectivity index (χ3v) is 3.65. The highest BCUT2D eigenvalue weighted by Crippen LogP contribution is 2.08. The fourth-order valence-electron chi connectivity index (χ4n) is 2.25. The zero-order valence-electron chi connectivity index (χ0n) is 14.2. The molecule has 0 spiro atoms. The molecule has 0 aliphatic rings. The van der Waals surface area contributed by atoms with Gasteiger partial charge >= 0.3 is 0 Å². The molecule has 0 aliphatic heterocycles. The van der Waals surface area contributed by atoms with Crippen LogP contribution in [-0.2, 0) is 17.9 Å². The van der Waals surface area contributed by atoms with Crippen LogP contribution in [0.5, 0.6) is 0 Å². The lowest BCUT2D eigenvalue weighted by Gasteiger charge is -2.09. The Balaban J connectivity index is 2.07. The van der Waals surface area contributed by atoms with Crippen LogP contribution in [0, 0.1) is 0 Å². The van der Waals surface area contributed by atoms with Crippen molar-refractivity contribution in [1.29, 1.82) is 0 Å². The predicted molar refractivity (Wildman–Crippen MR) is 91.4 cm³/mol. The van der Waals surface area contributed by atoms with E-state index in [-0.39, 0.29) is 0 Å². The monoisotopic (exact) mass is 291 g/mol. The average molecular weight is 291 g/mol. The van der Waals surface area contributed by atoms with E-state index in [1.807, 2.05) is 0 Å². The standard InChI is InChI=1S/C19H33NO/c1-4-5-6-7-8-9-14-21-16-19-12-10-18(11-13-19)15-20-17(2)3/h10-13,17,20H,4-9,14-16H2,1-3H3. The third kappa shape index (κ3) is 9.65. The van der Waals surface area contributed by atoms with Crippen LogP contribution in [0.2, 0.25) is 0 Å². The number of hydrogen-bond donors (Lipinski definition) is 1. The van der Waals surface area contributed by atoms with Crippen LogP contribution in [0.25, 0.3) is 0 Å². The fraction of sp³-hybridized carbons (Fsp3) is 0.684. The Bertz CT molecular complexity index is 345. The van der Waals surface area contributed by atoms with Gasteiger partial charge in [0.05, 0.1) is 6.61 Å². The van der Waals surface area contributed by atoms with Gasteiger partial charge in [-0.25, -0.2) is 0 Å². The van der Waals surface area contributed by atoms with E-state index in [1.54, 1.807) is 0 Å². The van der Waals surface area contributed by atoms with Crippen molar-refractivity contribution in [3.8, 4) is 0 Å². The highest BCUT2D eigenvalue weighted by atomic mass is 16.5. The molecule has 0 aromatic heterocycles.